The van der Waals surface area contributed by atoms with Gasteiger partial charge in [-0.25, -0.2) is 0 Å². The van der Waals surface area contributed by atoms with Crippen molar-refractivity contribution in [3.05, 3.63) is 24.3 Å². The van der Waals surface area contributed by atoms with Gasteiger partial charge in [-0.3, -0.25) is 4.99 Å². The van der Waals surface area contributed by atoms with Crippen molar-refractivity contribution in [3.63, 3.8) is 0 Å². The van der Waals surface area contributed by atoms with Crippen molar-refractivity contribution >= 4 is 17.6 Å². The maximum absolute atomic E-state index is 4.32. The number of rotatable bonds is 1. The average Bonchev–Trinajstić information content (AvgIpc) is 2.17. The molecule has 2 rings (SSSR count). The summed E-state index contributed by atoms with van der Waals surface area (Å²) in [5.41, 5.74) is 2.34. The first-order chi connectivity index (χ1) is 5.92. The Morgan fingerprint density at radius 3 is 3.08 bits per heavy atom. The number of aliphatic imine (C=N–C) groups is 1. The van der Waals surface area contributed by atoms with E-state index < -0.39 is 0 Å². The van der Waals surface area contributed by atoms with E-state index in [4.69, 9.17) is 0 Å². The van der Waals surface area contributed by atoms with Gasteiger partial charge in [-0.05, 0) is 19.1 Å². The lowest BCUT2D eigenvalue weighted by Crippen LogP contribution is -2.26. The number of benzene rings is 1. The molecule has 0 bridgehead atoms. The Balaban J connectivity index is 2.45. The number of hydrogen-bond donors (Lipinski definition) is 0. The molecule has 2 nitrogen and oxygen atoms in total. The van der Waals surface area contributed by atoms with Gasteiger partial charge in [-0.15, -0.1) is 0 Å². The summed E-state index contributed by atoms with van der Waals surface area (Å²) < 4.78 is 0. The predicted molar refractivity (Wildman–Crippen MR) is 52.5 cm³/mol. The van der Waals surface area contributed by atoms with Crippen LogP contribution in [0.1, 0.15) is 6.92 Å². The molecule has 12 heavy (non-hydrogen) atoms. The van der Waals surface area contributed by atoms with Crippen molar-refractivity contribution < 1.29 is 0 Å². The Kier molecular flexibility index (Phi) is 1.82. The Hall–Kier alpha value is -1.31. The molecule has 0 atom stereocenters. The predicted octanol–water partition coefficient (Wildman–Crippen LogP) is 2.23. The van der Waals surface area contributed by atoms with E-state index in [1.165, 1.54) is 5.69 Å². The Bertz CT molecular complexity index is 304. The molecule has 0 aliphatic carbocycles. The highest BCUT2D eigenvalue weighted by Crippen LogP contribution is 2.29. The highest BCUT2D eigenvalue weighted by Gasteiger charge is 2.10. The summed E-state index contributed by atoms with van der Waals surface area (Å²) in [7, 11) is 0. The van der Waals surface area contributed by atoms with E-state index in [9.17, 15) is 0 Å². The van der Waals surface area contributed by atoms with Crippen molar-refractivity contribution in [1.29, 1.82) is 0 Å². The second-order valence-corrected chi connectivity index (χ2v) is 2.84. The van der Waals surface area contributed by atoms with E-state index in [2.05, 4.69) is 28.9 Å². The SMILES string of the molecule is CCN1CC=Nc2ccccc21. The van der Waals surface area contributed by atoms with Crippen LogP contribution in [0.5, 0.6) is 0 Å². The molecule has 1 heterocycles. The lowest BCUT2D eigenvalue weighted by molar-refractivity contribution is 0.921. The molecule has 0 unspecified atom stereocenters. The van der Waals surface area contributed by atoms with E-state index in [1.807, 2.05) is 18.3 Å². The van der Waals surface area contributed by atoms with Gasteiger partial charge in [-0.1, -0.05) is 12.1 Å². The van der Waals surface area contributed by atoms with Gasteiger partial charge in [0.15, 0.2) is 0 Å². The third-order valence-electron chi connectivity index (χ3n) is 2.14. The topological polar surface area (TPSA) is 15.6 Å². The van der Waals surface area contributed by atoms with Crippen LogP contribution in [0.15, 0.2) is 29.3 Å². The standard InChI is InChI=1S/C10H12N2/c1-2-12-8-7-11-9-5-3-4-6-10(9)12/h3-7H,2,8H2,1H3. The minimum Gasteiger partial charge on any atom is -0.365 e. The van der Waals surface area contributed by atoms with Crippen LogP contribution in [0, 0.1) is 0 Å². The molecule has 1 aliphatic heterocycles. The third-order valence-corrected chi connectivity index (χ3v) is 2.14. The molecule has 1 aromatic carbocycles. The molecular formula is C10H12N2. The van der Waals surface area contributed by atoms with Crippen LogP contribution in [0.2, 0.25) is 0 Å². The summed E-state index contributed by atoms with van der Waals surface area (Å²) in [6.07, 6.45) is 1.96. The first-order valence-electron chi connectivity index (χ1n) is 4.28. The first kappa shape index (κ1) is 7.35. The van der Waals surface area contributed by atoms with Crippen LogP contribution < -0.4 is 4.90 Å². The van der Waals surface area contributed by atoms with Crippen LogP contribution in [0.4, 0.5) is 11.4 Å². The summed E-state index contributed by atoms with van der Waals surface area (Å²) in [5, 5.41) is 0. The minimum absolute atomic E-state index is 0.938. The Morgan fingerprint density at radius 2 is 2.25 bits per heavy atom. The van der Waals surface area contributed by atoms with E-state index >= 15 is 0 Å². The van der Waals surface area contributed by atoms with Gasteiger partial charge in [0, 0.05) is 12.8 Å². The monoisotopic (exact) mass is 160 g/mol. The van der Waals surface area contributed by atoms with E-state index in [0.717, 1.165) is 18.8 Å². The van der Waals surface area contributed by atoms with Crippen molar-refractivity contribution in [1.82, 2.24) is 0 Å². The van der Waals surface area contributed by atoms with Gasteiger partial charge >= 0.3 is 0 Å². The summed E-state index contributed by atoms with van der Waals surface area (Å²) in [6, 6.07) is 8.25. The summed E-state index contributed by atoms with van der Waals surface area (Å²) in [4.78, 5) is 6.63. The molecule has 0 fully saturated rings. The van der Waals surface area contributed by atoms with Crippen LogP contribution in [-0.4, -0.2) is 19.3 Å². The zero-order valence-electron chi connectivity index (χ0n) is 7.20. The second-order valence-electron chi connectivity index (χ2n) is 2.84. The van der Waals surface area contributed by atoms with E-state index in [1.54, 1.807) is 0 Å². The van der Waals surface area contributed by atoms with Gasteiger partial charge in [0.25, 0.3) is 0 Å². The molecule has 0 N–H and O–H groups in total. The summed E-state index contributed by atoms with van der Waals surface area (Å²) in [5.74, 6) is 0. The van der Waals surface area contributed by atoms with E-state index in [-0.39, 0.29) is 0 Å². The van der Waals surface area contributed by atoms with Gasteiger partial charge in [0.1, 0.15) is 0 Å². The summed E-state index contributed by atoms with van der Waals surface area (Å²) >= 11 is 0. The number of anilines is 1. The van der Waals surface area contributed by atoms with Crippen molar-refractivity contribution in [3.8, 4) is 0 Å². The quantitative estimate of drug-likeness (QED) is 0.615. The summed E-state index contributed by atoms with van der Waals surface area (Å²) in [6.45, 7) is 4.15. The van der Waals surface area contributed by atoms with Crippen molar-refractivity contribution in [2.75, 3.05) is 18.0 Å². The number of para-hydroxylation sites is 2. The fraction of sp³-hybridized carbons (Fsp3) is 0.300. The average molecular weight is 160 g/mol. The van der Waals surface area contributed by atoms with Gasteiger partial charge < -0.3 is 4.90 Å². The van der Waals surface area contributed by atoms with Gasteiger partial charge in [0.05, 0.1) is 17.9 Å². The van der Waals surface area contributed by atoms with Gasteiger partial charge in [0.2, 0.25) is 0 Å². The highest BCUT2D eigenvalue weighted by molar-refractivity contribution is 5.81. The molecule has 0 spiro atoms. The smallest absolute Gasteiger partial charge is 0.0860 e. The van der Waals surface area contributed by atoms with Crippen LogP contribution in [0.25, 0.3) is 0 Å². The third kappa shape index (κ3) is 1.09. The lowest BCUT2D eigenvalue weighted by atomic mass is 10.2. The molecule has 0 saturated heterocycles. The number of fused-ring (bicyclic) bond motifs is 1. The molecule has 1 aromatic rings. The maximum atomic E-state index is 4.32. The van der Waals surface area contributed by atoms with E-state index in [0.29, 0.717) is 0 Å². The zero-order chi connectivity index (χ0) is 8.39. The Labute approximate surface area is 72.5 Å². The second kappa shape index (κ2) is 2.97. The first-order valence-corrected chi connectivity index (χ1v) is 4.28. The number of nitrogens with zero attached hydrogens (tertiary/aromatic N) is 2. The van der Waals surface area contributed by atoms with Crippen LogP contribution in [-0.2, 0) is 0 Å². The molecule has 2 heteroatoms. The molecule has 0 radical (unpaired) electrons. The molecular weight excluding hydrogens is 148 g/mol. The normalized spacial score (nSPS) is 14.6. The Morgan fingerprint density at radius 1 is 1.42 bits per heavy atom. The van der Waals surface area contributed by atoms with Crippen LogP contribution in [0.3, 0.4) is 0 Å². The van der Waals surface area contributed by atoms with Crippen molar-refractivity contribution in [2.45, 2.75) is 6.92 Å². The highest BCUT2D eigenvalue weighted by atomic mass is 15.2. The number of hydrogen-bond acceptors (Lipinski definition) is 2. The molecule has 0 amide bonds. The molecule has 0 saturated carbocycles. The molecule has 0 aromatic heterocycles. The maximum Gasteiger partial charge on any atom is 0.0860 e. The molecule has 1 aliphatic rings. The zero-order valence-corrected chi connectivity index (χ0v) is 7.20. The fourth-order valence-corrected chi connectivity index (χ4v) is 1.48. The fourth-order valence-electron chi connectivity index (χ4n) is 1.48. The minimum atomic E-state index is 0.938. The van der Waals surface area contributed by atoms with Gasteiger partial charge in [-0.2, -0.15) is 0 Å². The largest absolute Gasteiger partial charge is 0.365 e. The van der Waals surface area contributed by atoms with Crippen molar-refractivity contribution in [2.24, 2.45) is 4.99 Å². The van der Waals surface area contributed by atoms with Crippen LogP contribution >= 0.6 is 0 Å². The molecule has 62 valence electrons. The lowest BCUT2D eigenvalue weighted by Gasteiger charge is -2.25.